The number of halogens is 1. The average molecular weight is 382 g/mol. The van der Waals surface area contributed by atoms with Crippen molar-refractivity contribution in [1.82, 2.24) is 10.3 Å². The van der Waals surface area contributed by atoms with Gasteiger partial charge >= 0.3 is 0 Å². The van der Waals surface area contributed by atoms with Crippen LogP contribution < -0.4 is 15.4 Å². The topological polar surface area (TPSA) is 63.2 Å². The Bertz CT molecular complexity index is 942. The fraction of sp³-hybridized carbons (Fsp3) is 0.143. The van der Waals surface area contributed by atoms with Crippen molar-refractivity contribution in [3.63, 3.8) is 0 Å². The molecule has 138 valence electrons. The van der Waals surface area contributed by atoms with Gasteiger partial charge in [0.05, 0.1) is 24.7 Å². The number of methoxy groups -OCH3 is 1. The summed E-state index contributed by atoms with van der Waals surface area (Å²) in [5.41, 5.74) is 4.02. The summed E-state index contributed by atoms with van der Waals surface area (Å²) in [4.78, 5) is 16.5. The van der Waals surface area contributed by atoms with Crippen molar-refractivity contribution in [3.05, 3.63) is 82.6 Å². The second kappa shape index (κ2) is 8.56. The van der Waals surface area contributed by atoms with E-state index in [9.17, 15) is 4.79 Å². The van der Waals surface area contributed by atoms with Crippen molar-refractivity contribution in [2.45, 2.75) is 13.5 Å². The van der Waals surface area contributed by atoms with Gasteiger partial charge in [0.1, 0.15) is 11.4 Å². The van der Waals surface area contributed by atoms with Crippen molar-refractivity contribution in [2.24, 2.45) is 0 Å². The van der Waals surface area contributed by atoms with Crippen LogP contribution in [0.5, 0.6) is 5.75 Å². The van der Waals surface area contributed by atoms with Crippen molar-refractivity contribution >= 4 is 28.9 Å². The minimum Gasteiger partial charge on any atom is -0.495 e. The monoisotopic (exact) mass is 381 g/mol. The maximum atomic E-state index is 12.3. The molecule has 2 N–H and O–H groups in total. The Kier molecular flexibility index (Phi) is 5.94. The third-order valence-electron chi connectivity index (χ3n) is 3.97. The van der Waals surface area contributed by atoms with E-state index in [2.05, 4.69) is 15.6 Å². The molecule has 0 unspecified atom stereocenters. The number of carbonyl (C=O) groups is 1. The van der Waals surface area contributed by atoms with Crippen LogP contribution in [0, 0.1) is 6.92 Å². The first-order valence-corrected chi connectivity index (χ1v) is 8.83. The van der Waals surface area contributed by atoms with E-state index in [1.807, 2.05) is 31.2 Å². The zero-order valence-electron chi connectivity index (χ0n) is 15.1. The lowest BCUT2D eigenvalue weighted by molar-refractivity contribution is 0.0946. The Morgan fingerprint density at radius 3 is 2.70 bits per heavy atom. The van der Waals surface area contributed by atoms with E-state index < -0.39 is 0 Å². The van der Waals surface area contributed by atoms with E-state index in [-0.39, 0.29) is 5.91 Å². The summed E-state index contributed by atoms with van der Waals surface area (Å²) in [5.74, 6) is 0.447. The predicted molar refractivity (Wildman–Crippen MR) is 108 cm³/mol. The smallest absolute Gasteiger partial charge is 0.270 e. The molecule has 0 fully saturated rings. The maximum absolute atomic E-state index is 12.3. The van der Waals surface area contributed by atoms with Gasteiger partial charge in [-0.05, 0) is 42.8 Å². The van der Waals surface area contributed by atoms with Crippen molar-refractivity contribution < 1.29 is 9.53 Å². The summed E-state index contributed by atoms with van der Waals surface area (Å²) in [7, 11) is 1.59. The van der Waals surface area contributed by atoms with Gasteiger partial charge in [-0.2, -0.15) is 0 Å². The predicted octanol–water partition coefficient (Wildman–Crippen LogP) is 4.73. The summed E-state index contributed by atoms with van der Waals surface area (Å²) < 4.78 is 5.31. The number of hydrogen-bond donors (Lipinski definition) is 2. The molecule has 6 heteroatoms. The molecule has 0 saturated carbocycles. The fourth-order valence-corrected chi connectivity index (χ4v) is 2.80. The molecule has 2 aromatic carbocycles. The molecule has 0 aliphatic rings. The summed E-state index contributed by atoms with van der Waals surface area (Å²) in [6, 6.07) is 16.8. The van der Waals surface area contributed by atoms with Crippen LogP contribution >= 0.6 is 11.6 Å². The lowest BCUT2D eigenvalue weighted by atomic mass is 10.1. The number of carbonyl (C=O) groups excluding carboxylic acids is 1. The van der Waals surface area contributed by atoms with Gasteiger partial charge in [-0.3, -0.25) is 4.79 Å². The van der Waals surface area contributed by atoms with Crippen molar-refractivity contribution in [3.8, 4) is 5.75 Å². The van der Waals surface area contributed by atoms with Crippen LogP contribution in [-0.4, -0.2) is 18.0 Å². The number of nitrogens with one attached hydrogen (secondary N) is 2. The highest BCUT2D eigenvalue weighted by atomic mass is 35.5. The summed E-state index contributed by atoms with van der Waals surface area (Å²) in [6.45, 7) is 2.48. The molecule has 27 heavy (non-hydrogen) atoms. The quantitative estimate of drug-likeness (QED) is 0.648. The second-order valence-corrected chi connectivity index (χ2v) is 6.51. The second-order valence-electron chi connectivity index (χ2n) is 6.07. The molecular formula is C21H20ClN3O2. The molecule has 0 aliphatic heterocycles. The fourth-order valence-electron chi connectivity index (χ4n) is 2.63. The van der Waals surface area contributed by atoms with E-state index in [4.69, 9.17) is 16.3 Å². The summed E-state index contributed by atoms with van der Waals surface area (Å²) >= 11 is 6.04. The third-order valence-corrected chi connectivity index (χ3v) is 4.21. The van der Waals surface area contributed by atoms with Gasteiger partial charge in [-0.1, -0.05) is 41.4 Å². The van der Waals surface area contributed by atoms with Crippen LogP contribution in [-0.2, 0) is 6.54 Å². The Balaban J connectivity index is 1.64. The van der Waals surface area contributed by atoms with E-state index in [0.717, 1.165) is 22.5 Å². The number of amides is 1. The van der Waals surface area contributed by atoms with Gasteiger partial charge in [-0.25, -0.2) is 4.98 Å². The van der Waals surface area contributed by atoms with E-state index in [0.29, 0.717) is 23.0 Å². The van der Waals surface area contributed by atoms with Crippen LogP contribution in [0.15, 0.2) is 60.8 Å². The van der Waals surface area contributed by atoms with Crippen LogP contribution in [0.25, 0.3) is 0 Å². The Morgan fingerprint density at radius 2 is 2.00 bits per heavy atom. The molecule has 0 aliphatic carbocycles. The van der Waals surface area contributed by atoms with Crippen LogP contribution in [0.2, 0.25) is 5.02 Å². The zero-order chi connectivity index (χ0) is 19.2. The number of aromatic nitrogens is 1. The van der Waals surface area contributed by atoms with Gasteiger partial charge in [-0.15, -0.1) is 0 Å². The largest absolute Gasteiger partial charge is 0.495 e. The van der Waals surface area contributed by atoms with Crippen LogP contribution in [0.4, 0.5) is 11.4 Å². The molecule has 1 aromatic heterocycles. The zero-order valence-corrected chi connectivity index (χ0v) is 15.9. The average Bonchev–Trinajstić information content (AvgIpc) is 2.67. The molecule has 0 bridgehead atoms. The Labute approximate surface area is 163 Å². The molecule has 0 radical (unpaired) electrons. The molecule has 1 heterocycles. The molecule has 1 amide bonds. The van der Waals surface area contributed by atoms with Crippen LogP contribution in [0.1, 0.15) is 21.6 Å². The van der Waals surface area contributed by atoms with E-state index in [1.165, 1.54) is 0 Å². The molecule has 3 rings (SSSR count). The lowest BCUT2D eigenvalue weighted by Gasteiger charge is -2.12. The molecule has 5 nitrogen and oxygen atoms in total. The number of rotatable bonds is 6. The van der Waals surface area contributed by atoms with Gasteiger partial charge < -0.3 is 15.4 Å². The molecule has 0 spiro atoms. The maximum Gasteiger partial charge on any atom is 0.270 e. The van der Waals surface area contributed by atoms with Crippen molar-refractivity contribution in [2.75, 3.05) is 12.4 Å². The van der Waals surface area contributed by atoms with Crippen LogP contribution in [0.3, 0.4) is 0 Å². The molecule has 0 saturated heterocycles. The number of anilines is 2. The first-order valence-electron chi connectivity index (χ1n) is 8.45. The number of hydrogen-bond acceptors (Lipinski definition) is 4. The minimum absolute atomic E-state index is 0.219. The highest BCUT2D eigenvalue weighted by molar-refractivity contribution is 6.31. The minimum atomic E-state index is -0.219. The first-order chi connectivity index (χ1) is 13.0. The summed E-state index contributed by atoms with van der Waals surface area (Å²) in [5, 5.41) is 6.66. The number of nitrogens with zero attached hydrogens (tertiary/aromatic N) is 1. The van der Waals surface area contributed by atoms with Crippen molar-refractivity contribution in [1.29, 1.82) is 0 Å². The highest BCUT2D eigenvalue weighted by Gasteiger charge is 2.09. The number of benzene rings is 2. The SMILES string of the molecule is COc1ccc(Cl)cc1Nc1ccc(C(=O)NCc2cccc(C)c2)nc1. The summed E-state index contributed by atoms with van der Waals surface area (Å²) in [6.07, 6.45) is 1.60. The third kappa shape index (κ3) is 4.99. The number of pyridine rings is 1. The Morgan fingerprint density at radius 1 is 1.15 bits per heavy atom. The Hall–Kier alpha value is -3.05. The van der Waals surface area contributed by atoms with E-state index in [1.54, 1.807) is 43.6 Å². The van der Waals surface area contributed by atoms with Gasteiger partial charge in [0.15, 0.2) is 0 Å². The standard InChI is InChI=1S/C21H20ClN3O2/c1-14-4-3-5-15(10-14)12-24-21(26)18-8-7-17(13-23-18)25-19-11-16(22)6-9-20(19)27-2/h3-11,13,25H,12H2,1-2H3,(H,24,26). The normalized spacial score (nSPS) is 10.3. The van der Waals surface area contributed by atoms with E-state index >= 15 is 0 Å². The number of ether oxygens (including phenoxy) is 1. The van der Waals surface area contributed by atoms with Gasteiger partial charge in [0.25, 0.3) is 5.91 Å². The molecule has 0 atom stereocenters. The highest BCUT2D eigenvalue weighted by Crippen LogP contribution is 2.30. The number of aryl methyl sites for hydroxylation is 1. The molecule has 3 aromatic rings. The lowest BCUT2D eigenvalue weighted by Crippen LogP contribution is -2.23. The molecular weight excluding hydrogens is 362 g/mol. The van der Waals surface area contributed by atoms with Gasteiger partial charge in [0.2, 0.25) is 0 Å². The first kappa shape index (κ1) is 18.7. The van der Waals surface area contributed by atoms with Gasteiger partial charge in [0, 0.05) is 11.6 Å².